The van der Waals surface area contributed by atoms with Crippen molar-refractivity contribution in [1.82, 2.24) is 4.90 Å². The van der Waals surface area contributed by atoms with Crippen molar-refractivity contribution < 1.29 is 0 Å². The molecule has 0 aromatic rings. The van der Waals surface area contributed by atoms with Crippen LogP contribution in [0.25, 0.3) is 0 Å². The summed E-state index contributed by atoms with van der Waals surface area (Å²) in [5.74, 6) is 0. The molecule has 0 aliphatic carbocycles. The fourth-order valence-corrected chi connectivity index (χ4v) is 3.73. The lowest BCUT2D eigenvalue weighted by atomic mass is 9.74. The van der Waals surface area contributed by atoms with Crippen molar-refractivity contribution in [3.63, 3.8) is 0 Å². The lowest BCUT2D eigenvalue weighted by Gasteiger charge is -2.33. The summed E-state index contributed by atoms with van der Waals surface area (Å²) < 4.78 is 0. The molecule has 1 saturated heterocycles. The molecule has 0 saturated carbocycles. The van der Waals surface area contributed by atoms with Gasteiger partial charge in [0.25, 0.3) is 0 Å². The number of hydrogen-bond acceptors (Lipinski definition) is 1. The van der Waals surface area contributed by atoms with Crippen LogP contribution < -0.4 is 0 Å². The highest BCUT2D eigenvalue weighted by Gasteiger charge is 2.74. The first kappa shape index (κ1) is 13.0. The molecule has 0 spiro atoms. The summed E-state index contributed by atoms with van der Waals surface area (Å²) in [6, 6.07) is 0. The van der Waals surface area contributed by atoms with Gasteiger partial charge in [-0.3, -0.25) is 4.90 Å². The monoisotopic (exact) mass is 211 g/mol. The third-order valence-electron chi connectivity index (χ3n) is 4.76. The molecule has 1 aliphatic rings. The second-order valence-electron chi connectivity index (χ2n) is 7.46. The topological polar surface area (TPSA) is 3.01 Å². The standard InChI is InChI=1S/C14H29N/c1-10-13(8)14(9,11(2,3)4)15(13)12(5,6)7/h10H2,1-9H3. The van der Waals surface area contributed by atoms with Gasteiger partial charge in [0.15, 0.2) is 0 Å². The van der Waals surface area contributed by atoms with E-state index < -0.39 is 0 Å². The molecule has 1 rings (SSSR count). The van der Waals surface area contributed by atoms with Crippen LogP contribution in [0, 0.1) is 5.41 Å². The van der Waals surface area contributed by atoms with Crippen LogP contribution in [0.3, 0.4) is 0 Å². The van der Waals surface area contributed by atoms with E-state index in [-0.39, 0.29) is 5.54 Å². The van der Waals surface area contributed by atoms with Gasteiger partial charge in [-0.15, -0.1) is 0 Å². The predicted octanol–water partition coefficient (Wildman–Crippen LogP) is 4.07. The summed E-state index contributed by atoms with van der Waals surface area (Å²) in [5, 5.41) is 0. The van der Waals surface area contributed by atoms with Crippen LogP contribution >= 0.6 is 0 Å². The average Bonchev–Trinajstić information content (AvgIpc) is 2.50. The Hall–Kier alpha value is -0.0400. The smallest absolute Gasteiger partial charge is 0.0422 e. The molecular formula is C14H29N. The summed E-state index contributed by atoms with van der Waals surface area (Å²) in [6.45, 7) is 21.3. The lowest BCUT2D eigenvalue weighted by Crippen LogP contribution is -2.38. The molecule has 0 bridgehead atoms. The first-order valence-electron chi connectivity index (χ1n) is 6.23. The van der Waals surface area contributed by atoms with Crippen molar-refractivity contribution >= 4 is 0 Å². The summed E-state index contributed by atoms with van der Waals surface area (Å²) in [7, 11) is 0. The molecule has 1 heterocycles. The Balaban J connectivity index is 3.14. The van der Waals surface area contributed by atoms with Gasteiger partial charge >= 0.3 is 0 Å². The Morgan fingerprint density at radius 2 is 1.33 bits per heavy atom. The highest BCUT2D eigenvalue weighted by molar-refractivity contribution is 5.30. The van der Waals surface area contributed by atoms with Gasteiger partial charge in [-0.25, -0.2) is 0 Å². The van der Waals surface area contributed by atoms with E-state index in [1.807, 2.05) is 0 Å². The minimum atomic E-state index is 0.271. The third kappa shape index (κ3) is 1.46. The summed E-state index contributed by atoms with van der Waals surface area (Å²) >= 11 is 0. The van der Waals surface area contributed by atoms with E-state index in [1.165, 1.54) is 6.42 Å². The van der Waals surface area contributed by atoms with Gasteiger partial charge in [0.1, 0.15) is 0 Å². The largest absolute Gasteiger partial charge is 0.283 e. The van der Waals surface area contributed by atoms with E-state index in [9.17, 15) is 0 Å². The predicted molar refractivity (Wildman–Crippen MR) is 68.1 cm³/mol. The molecule has 0 aromatic heterocycles. The van der Waals surface area contributed by atoms with E-state index in [0.717, 1.165) is 0 Å². The number of hydrogen-bond donors (Lipinski definition) is 0. The van der Waals surface area contributed by atoms with Crippen molar-refractivity contribution in [3.8, 4) is 0 Å². The van der Waals surface area contributed by atoms with Gasteiger partial charge in [0, 0.05) is 16.6 Å². The SMILES string of the molecule is CCC1(C)N(C(C)(C)C)C1(C)C(C)(C)C. The van der Waals surface area contributed by atoms with Crippen LogP contribution in [0.4, 0.5) is 0 Å². The maximum Gasteiger partial charge on any atom is 0.0422 e. The number of nitrogens with zero attached hydrogens (tertiary/aromatic N) is 1. The zero-order chi connectivity index (χ0) is 12.3. The van der Waals surface area contributed by atoms with Crippen LogP contribution in [0.15, 0.2) is 0 Å². The molecule has 0 N–H and O–H groups in total. The van der Waals surface area contributed by atoms with Gasteiger partial charge < -0.3 is 0 Å². The normalized spacial score (nSPS) is 41.8. The van der Waals surface area contributed by atoms with E-state index in [0.29, 0.717) is 16.5 Å². The van der Waals surface area contributed by atoms with Crippen molar-refractivity contribution in [1.29, 1.82) is 0 Å². The van der Waals surface area contributed by atoms with Crippen LogP contribution in [-0.4, -0.2) is 21.5 Å². The highest BCUT2D eigenvalue weighted by Crippen LogP contribution is 2.65. The molecular weight excluding hydrogens is 182 g/mol. The zero-order valence-corrected chi connectivity index (χ0v) is 12.2. The molecule has 1 heteroatoms. The Bertz CT molecular complexity index is 255. The van der Waals surface area contributed by atoms with Crippen molar-refractivity contribution in [2.45, 2.75) is 85.4 Å². The first-order valence-corrected chi connectivity index (χ1v) is 6.23. The van der Waals surface area contributed by atoms with E-state index in [2.05, 4.69) is 67.2 Å². The fraction of sp³-hybridized carbons (Fsp3) is 1.00. The molecule has 0 radical (unpaired) electrons. The second-order valence-corrected chi connectivity index (χ2v) is 7.46. The fourth-order valence-electron chi connectivity index (χ4n) is 3.73. The maximum atomic E-state index is 2.70. The first-order chi connectivity index (χ1) is 6.43. The minimum absolute atomic E-state index is 0.271. The van der Waals surface area contributed by atoms with Gasteiger partial charge in [0.2, 0.25) is 0 Å². The molecule has 3 unspecified atom stereocenters. The van der Waals surface area contributed by atoms with Crippen molar-refractivity contribution in [3.05, 3.63) is 0 Å². The molecule has 3 atom stereocenters. The zero-order valence-electron chi connectivity index (χ0n) is 12.2. The van der Waals surface area contributed by atoms with E-state index >= 15 is 0 Å². The number of rotatable bonds is 1. The van der Waals surface area contributed by atoms with Gasteiger partial charge in [-0.1, -0.05) is 27.7 Å². The van der Waals surface area contributed by atoms with Crippen LogP contribution in [0.2, 0.25) is 0 Å². The minimum Gasteiger partial charge on any atom is -0.283 e. The van der Waals surface area contributed by atoms with E-state index in [4.69, 9.17) is 0 Å². The molecule has 1 aliphatic heterocycles. The molecule has 15 heavy (non-hydrogen) atoms. The Kier molecular flexibility index (Phi) is 2.60. The van der Waals surface area contributed by atoms with Crippen LogP contribution in [0.5, 0.6) is 0 Å². The third-order valence-corrected chi connectivity index (χ3v) is 4.76. The summed E-state index contributed by atoms with van der Waals surface area (Å²) in [6.07, 6.45) is 1.23. The highest BCUT2D eigenvalue weighted by atomic mass is 15.5. The molecule has 0 aromatic carbocycles. The molecule has 1 nitrogen and oxygen atoms in total. The molecule has 1 fully saturated rings. The molecule has 90 valence electrons. The summed E-state index contributed by atoms with van der Waals surface area (Å²) in [5.41, 5.74) is 1.30. The van der Waals surface area contributed by atoms with E-state index in [1.54, 1.807) is 0 Å². The van der Waals surface area contributed by atoms with Crippen LogP contribution in [-0.2, 0) is 0 Å². The quantitative estimate of drug-likeness (QED) is 0.591. The Labute approximate surface area is 96.2 Å². The maximum absolute atomic E-state index is 2.70. The van der Waals surface area contributed by atoms with Crippen molar-refractivity contribution in [2.75, 3.05) is 0 Å². The Morgan fingerprint density at radius 1 is 0.933 bits per heavy atom. The van der Waals surface area contributed by atoms with Crippen molar-refractivity contribution in [2.24, 2.45) is 5.41 Å². The van der Waals surface area contributed by atoms with Gasteiger partial charge in [0.05, 0.1) is 0 Å². The Morgan fingerprint density at radius 3 is 1.40 bits per heavy atom. The van der Waals surface area contributed by atoms with Gasteiger partial charge in [-0.05, 0) is 46.5 Å². The lowest BCUT2D eigenvalue weighted by molar-refractivity contribution is 0.163. The summed E-state index contributed by atoms with van der Waals surface area (Å²) in [4.78, 5) is 2.70. The van der Waals surface area contributed by atoms with Crippen LogP contribution in [0.1, 0.15) is 68.7 Å². The average molecular weight is 211 g/mol. The molecule has 0 amide bonds. The van der Waals surface area contributed by atoms with Gasteiger partial charge in [-0.2, -0.15) is 0 Å². The second kappa shape index (κ2) is 3.00.